The summed E-state index contributed by atoms with van der Waals surface area (Å²) >= 11 is 0. The molecule has 3 nitrogen and oxygen atoms in total. The zero-order chi connectivity index (χ0) is 19.7. The maximum Gasteiger partial charge on any atom is 0.335 e. The molecule has 28 heavy (non-hydrogen) atoms. The number of rotatable bonds is 4. The average Bonchev–Trinajstić information content (AvgIpc) is 2.72. The number of carboxylic acids is 1. The van der Waals surface area contributed by atoms with Gasteiger partial charge in [-0.3, -0.25) is 4.98 Å². The van der Waals surface area contributed by atoms with E-state index in [1.165, 1.54) is 12.1 Å². The Hall–Kier alpha value is -3.53. The molecular weight excluding hydrogens is 353 g/mol. The first-order valence-electron chi connectivity index (χ1n) is 9.08. The van der Waals surface area contributed by atoms with Gasteiger partial charge in [0.1, 0.15) is 5.82 Å². The third-order valence-electron chi connectivity index (χ3n) is 4.83. The van der Waals surface area contributed by atoms with E-state index in [9.17, 15) is 9.18 Å². The number of halogens is 1. The second-order valence-corrected chi connectivity index (χ2v) is 6.64. The zero-order valence-electron chi connectivity index (χ0n) is 15.3. The van der Waals surface area contributed by atoms with Crippen LogP contribution in [-0.2, 0) is 6.42 Å². The molecule has 0 fully saturated rings. The number of carboxylic acid groups (broad SMARTS) is 1. The van der Waals surface area contributed by atoms with Crippen LogP contribution in [0.1, 0.15) is 23.0 Å². The first-order chi connectivity index (χ1) is 13.5. The number of pyridine rings is 1. The Morgan fingerprint density at radius 2 is 1.68 bits per heavy atom. The van der Waals surface area contributed by atoms with E-state index in [2.05, 4.69) is 0 Å². The average molecular weight is 371 g/mol. The lowest BCUT2D eigenvalue weighted by molar-refractivity contribution is 0.0697. The van der Waals surface area contributed by atoms with E-state index in [-0.39, 0.29) is 11.4 Å². The number of benzene rings is 3. The molecule has 4 rings (SSSR count). The fourth-order valence-electron chi connectivity index (χ4n) is 3.38. The molecule has 0 aliphatic rings. The monoisotopic (exact) mass is 371 g/mol. The number of hydrogen-bond donors (Lipinski definition) is 1. The van der Waals surface area contributed by atoms with Crippen LogP contribution in [0.15, 0.2) is 72.8 Å². The van der Waals surface area contributed by atoms with E-state index in [4.69, 9.17) is 10.1 Å². The lowest BCUT2D eigenvalue weighted by atomic mass is 9.97. The molecule has 1 N–H and O–H groups in total. The van der Waals surface area contributed by atoms with Gasteiger partial charge in [0.25, 0.3) is 0 Å². The topological polar surface area (TPSA) is 50.2 Å². The summed E-state index contributed by atoms with van der Waals surface area (Å²) in [5, 5.41) is 10.0. The van der Waals surface area contributed by atoms with Gasteiger partial charge < -0.3 is 5.11 Å². The lowest BCUT2D eigenvalue weighted by Gasteiger charge is -2.11. The van der Waals surface area contributed by atoms with Gasteiger partial charge in [0, 0.05) is 16.6 Å². The molecule has 0 atom stereocenters. The van der Waals surface area contributed by atoms with Crippen molar-refractivity contribution in [2.45, 2.75) is 13.3 Å². The third-order valence-corrected chi connectivity index (χ3v) is 4.83. The second-order valence-electron chi connectivity index (χ2n) is 6.64. The predicted molar refractivity (Wildman–Crippen MR) is 109 cm³/mol. The summed E-state index contributed by atoms with van der Waals surface area (Å²) in [7, 11) is 0. The molecule has 0 saturated carbocycles. The fraction of sp³-hybridized carbons (Fsp3) is 0.0833. The number of hydrogen-bond acceptors (Lipinski definition) is 2. The SMILES string of the molecule is CCc1nc2ccc(-c3ccc(C(=O)O)cc3)cc2cc1-c1cccc(F)c1. The maximum absolute atomic E-state index is 13.7. The van der Waals surface area contributed by atoms with E-state index in [1.807, 2.05) is 37.3 Å². The maximum atomic E-state index is 13.7. The smallest absolute Gasteiger partial charge is 0.335 e. The summed E-state index contributed by atoms with van der Waals surface area (Å²) < 4.78 is 13.7. The highest BCUT2D eigenvalue weighted by Gasteiger charge is 2.10. The van der Waals surface area contributed by atoms with Crippen molar-refractivity contribution in [3.8, 4) is 22.3 Å². The van der Waals surface area contributed by atoms with Gasteiger partial charge in [0.2, 0.25) is 0 Å². The van der Waals surface area contributed by atoms with E-state index in [0.717, 1.165) is 45.3 Å². The van der Waals surface area contributed by atoms with Crippen molar-refractivity contribution < 1.29 is 14.3 Å². The Morgan fingerprint density at radius 3 is 2.36 bits per heavy atom. The zero-order valence-corrected chi connectivity index (χ0v) is 15.3. The molecule has 0 unspecified atom stereocenters. The number of aromatic nitrogens is 1. The van der Waals surface area contributed by atoms with E-state index in [0.29, 0.717) is 0 Å². The minimum atomic E-state index is -0.943. The van der Waals surface area contributed by atoms with E-state index >= 15 is 0 Å². The van der Waals surface area contributed by atoms with Crippen LogP contribution in [-0.4, -0.2) is 16.1 Å². The molecule has 0 spiro atoms. The van der Waals surface area contributed by atoms with Crippen LogP contribution < -0.4 is 0 Å². The van der Waals surface area contributed by atoms with Crippen molar-refractivity contribution in [2.24, 2.45) is 0 Å². The van der Waals surface area contributed by atoms with E-state index in [1.54, 1.807) is 30.3 Å². The van der Waals surface area contributed by atoms with Crippen molar-refractivity contribution in [1.82, 2.24) is 4.98 Å². The summed E-state index contributed by atoms with van der Waals surface area (Å²) in [6.07, 6.45) is 0.750. The Kier molecular flexibility index (Phi) is 4.62. The lowest BCUT2D eigenvalue weighted by Crippen LogP contribution is -1.95. The summed E-state index contributed by atoms with van der Waals surface area (Å²) in [6.45, 7) is 2.04. The number of aryl methyl sites for hydroxylation is 1. The van der Waals surface area contributed by atoms with Crippen LogP contribution in [0.2, 0.25) is 0 Å². The van der Waals surface area contributed by atoms with Gasteiger partial charge in [-0.15, -0.1) is 0 Å². The Labute approximate surface area is 162 Å². The molecule has 0 amide bonds. The molecule has 1 heterocycles. The molecule has 0 bridgehead atoms. The first-order valence-corrected chi connectivity index (χ1v) is 9.08. The highest BCUT2D eigenvalue weighted by Crippen LogP contribution is 2.30. The molecule has 3 aromatic carbocycles. The number of nitrogens with zero attached hydrogens (tertiary/aromatic N) is 1. The van der Waals surface area contributed by atoms with Gasteiger partial charge in [-0.2, -0.15) is 0 Å². The fourth-order valence-corrected chi connectivity index (χ4v) is 3.38. The van der Waals surface area contributed by atoms with Crippen molar-refractivity contribution >= 4 is 16.9 Å². The minimum absolute atomic E-state index is 0.257. The standard InChI is InChI=1S/C24H18FNO2/c1-2-22-21(18-4-3-5-20(25)13-18)14-19-12-17(10-11-23(19)26-22)15-6-8-16(9-7-15)24(27)28/h3-14H,2H2,1H3,(H,27,28). The van der Waals surface area contributed by atoms with Gasteiger partial charge in [-0.25, -0.2) is 9.18 Å². The molecule has 138 valence electrons. The predicted octanol–water partition coefficient (Wildman–Crippen LogP) is 5.97. The Balaban J connectivity index is 1.83. The van der Waals surface area contributed by atoms with Crippen LogP contribution >= 0.6 is 0 Å². The molecule has 4 aromatic rings. The van der Waals surface area contributed by atoms with Gasteiger partial charge in [-0.1, -0.05) is 37.3 Å². The Morgan fingerprint density at radius 1 is 0.929 bits per heavy atom. The molecule has 0 aliphatic carbocycles. The van der Waals surface area contributed by atoms with Gasteiger partial charge in [0.05, 0.1) is 11.1 Å². The quantitative estimate of drug-likeness (QED) is 0.481. The van der Waals surface area contributed by atoms with Gasteiger partial charge in [-0.05, 0) is 65.6 Å². The highest BCUT2D eigenvalue weighted by atomic mass is 19.1. The van der Waals surface area contributed by atoms with Crippen LogP contribution in [0.5, 0.6) is 0 Å². The van der Waals surface area contributed by atoms with E-state index < -0.39 is 5.97 Å². The van der Waals surface area contributed by atoms with Crippen molar-refractivity contribution in [2.75, 3.05) is 0 Å². The second kappa shape index (κ2) is 7.24. The van der Waals surface area contributed by atoms with Gasteiger partial charge >= 0.3 is 5.97 Å². The number of fused-ring (bicyclic) bond motifs is 1. The van der Waals surface area contributed by atoms with Crippen LogP contribution in [0.25, 0.3) is 33.2 Å². The van der Waals surface area contributed by atoms with Crippen LogP contribution in [0.4, 0.5) is 4.39 Å². The first kappa shape index (κ1) is 17.9. The van der Waals surface area contributed by atoms with Crippen molar-refractivity contribution in [3.63, 3.8) is 0 Å². The van der Waals surface area contributed by atoms with Gasteiger partial charge in [0.15, 0.2) is 0 Å². The number of carbonyl (C=O) groups is 1. The number of aromatic carboxylic acids is 1. The van der Waals surface area contributed by atoms with Crippen molar-refractivity contribution in [1.29, 1.82) is 0 Å². The largest absolute Gasteiger partial charge is 0.478 e. The molecule has 0 radical (unpaired) electrons. The molecular formula is C24H18FNO2. The summed E-state index contributed by atoms with van der Waals surface area (Å²) in [4.78, 5) is 15.8. The van der Waals surface area contributed by atoms with Crippen LogP contribution in [0, 0.1) is 5.82 Å². The summed E-state index contributed by atoms with van der Waals surface area (Å²) in [5.41, 5.74) is 5.70. The minimum Gasteiger partial charge on any atom is -0.478 e. The molecule has 0 saturated heterocycles. The highest BCUT2D eigenvalue weighted by molar-refractivity contribution is 5.90. The van der Waals surface area contributed by atoms with Crippen LogP contribution in [0.3, 0.4) is 0 Å². The summed E-state index contributed by atoms with van der Waals surface area (Å²) in [5.74, 6) is -1.21. The normalized spacial score (nSPS) is 10.9. The Bertz CT molecular complexity index is 1180. The summed E-state index contributed by atoms with van der Waals surface area (Å²) in [6, 6.07) is 21.4. The molecule has 4 heteroatoms. The molecule has 1 aromatic heterocycles. The third kappa shape index (κ3) is 3.37. The molecule has 0 aliphatic heterocycles. The van der Waals surface area contributed by atoms with Crippen molar-refractivity contribution in [3.05, 3.63) is 89.9 Å².